The first kappa shape index (κ1) is 19.7. The molecule has 0 amide bonds. The van der Waals surface area contributed by atoms with Crippen LogP contribution in [-0.4, -0.2) is 23.4 Å². The summed E-state index contributed by atoms with van der Waals surface area (Å²) in [5.74, 6) is 0.00574. The fourth-order valence-corrected chi connectivity index (χ4v) is 4.94. The number of nitrogens with zero attached hydrogens (tertiary/aromatic N) is 2. The summed E-state index contributed by atoms with van der Waals surface area (Å²) in [5.41, 5.74) is 10.5. The van der Waals surface area contributed by atoms with Crippen LogP contribution in [0.15, 0.2) is 34.8 Å². The zero-order valence-corrected chi connectivity index (χ0v) is 17.8. The highest BCUT2D eigenvalue weighted by atomic mass is 19.1. The molecule has 1 aromatic carbocycles. The average molecular weight is 364 g/mol. The monoisotopic (exact) mass is 364 g/mol. The van der Waals surface area contributed by atoms with Crippen molar-refractivity contribution in [3.63, 3.8) is 0 Å². The van der Waals surface area contributed by atoms with Gasteiger partial charge in [-0.05, 0) is 95.3 Å². The number of aromatic nitrogens is 1. The predicted molar refractivity (Wildman–Crippen MR) is 115 cm³/mol. The number of benzene rings is 1. The molecule has 142 valence electrons. The fourth-order valence-electron chi connectivity index (χ4n) is 4.94. The standard InChI is InChI=1S/C23H30BFN2/c1-13-9-14(2)20(15(3)10-13)21(22-16(4)11-18(6)26-22)23-17(5)12-19(7)27(23)24(8)25/h9-12,21-22H,1-8H3. The minimum atomic E-state index is -1.07. The van der Waals surface area contributed by atoms with Crippen LogP contribution < -0.4 is 0 Å². The number of hydrogen-bond donors (Lipinski definition) is 0. The van der Waals surface area contributed by atoms with E-state index in [1.54, 1.807) is 6.82 Å². The number of hydrogen-bond acceptors (Lipinski definition) is 1. The van der Waals surface area contributed by atoms with E-state index in [4.69, 9.17) is 4.99 Å². The maximum Gasteiger partial charge on any atom is 0.461 e. The van der Waals surface area contributed by atoms with Crippen molar-refractivity contribution in [1.29, 1.82) is 0 Å². The van der Waals surface area contributed by atoms with Crippen LogP contribution in [0.4, 0.5) is 4.32 Å². The van der Waals surface area contributed by atoms with Crippen LogP contribution in [-0.2, 0) is 0 Å². The molecule has 0 saturated carbocycles. The number of halogens is 1. The van der Waals surface area contributed by atoms with Crippen molar-refractivity contribution < 1.29 is 4.32 Å². The fraction of sp³-hybridized carbons (Fsp3) is 0.435. The average Bonchev–Trinajstić information content (AvgIpc) is 3.01. The van der Waals surface area contributed by atoms with Crippen molar-refractivity contribution >= 4 is 12.8 Å². The van der Waals surface area contributed by atoms with E-state index in [0.717, 1.165) is 22.7 Å². The highest BCUT2D eigenvalue weighted by Crippen LogP contribution is 2.41. The SMILES string of the molecule is CB(F)n1c(C)cc(C)c1C(c1c(C)cc(C)cc1C)C1N=C(C)C=C1C. The number of allylic oxidation sites excluding steroid dienone is 1. The molecule has 2 heterocycles. The van der Waals surface area contributed by atoms with E-state index in [1.807, 2.05) is 18.3 Å². The lowest BCUT2D eigenvalue weighted by atomic mass is 9.78. The maximum atomic E-state index is 14.7. The lowest BCUT2D eigenvalue weighted by Gasteiger charge is -2.30. The number of aryl methyl sites for hydroxylation is 5. The maximum absolute atomic E-state index is 14.7. The van der Waals surface area contributed by atoms with Crippen molar-refractivity contribution in [3.05, 3.63) is 69.1 Å². The molecule has 0 N–H and O–H groups in total. The van der Waals surface area contributed by atoms with Gasteiger partial charge >= 0.3 is 7.12 Å². The molecule has 2 nitrogen and oxygen atoms in total. The Hall–Kier alpha value is -2.10. The Labute approximate surface area is 163 Å². The molecule has 0 bridgehead atoms. The van der Waals surface area contributed by atoms with Gasteiger partial charge in [0.25, 0.3) is 0 Å². The Bertz CT molecular complexity index is 927. The molecular formula is C23H30BFN2. The van der Waals surface area contributed by atoms with Crippen LogP contribution in [0.3, 0.4) is 0 Å². The zero-order chi connectivity index (χ0) is 20.0. The first-order valence-corrected chi connectivity index (χ1v) is 9.74. The summed E-state index contributed by atoms with van der Waals surface area (Å²) in [7, 11) is -1.07. The lowest BCUT2D eigenvalue weighted by Crippen LogP contribution is -2.28. The molecule has 2 atom stereocenters. The summed E-state index contributed by atoms with van der Waals surface area (Å²) in [4.78, 5) is 4.97. The predicted octanol–water partition coefficient (Wildman–Crippen LogP) is 5.89. The Morgan fingerprint density at radius 2 is 1.56 bits per heavy atom. The van der Waals surface area contributed by atoms with Crippen molar-refractivity contribution in [2.24, 2.45) is 4.99 Å². The topological polar surface area (TPSA) is 17.3 Å². The quantitative estimate of drug-likeness (QED) is 0.602. The summed E-state index contributed by atoms with van der Waals surface area (Å²) < 4.78 is 16.5. The summed E-state index contributed by atoms with van der Waals surface area (Å²) in [6.07, 6.45) is 2.16. The van der Waals surface area contributed by atoms with Crippen molar-refractivity contribution in [2.45, 2.75) is 67.2 Å². The second kappa shape index (κ2) is 7.14. The molecule has 1 aliphatic rings. The van der Waals surface area contributed by atoms with E-state index >= 15 is 0 Å². The summed E-state index contributed by atoms with van der Waals surface area (Å²) in [6.45, 7) is 16.4. The second-order valence-corrected chi connectivity index (χ2v) is 8.19. The van der Waals surface area contributed by atoms with Crippen LogP contribution in [0.1, 0.15) is 59.0 Å². The molecule has 3 rings (SSSR count). The zero-order valence-electron chi connectivity index (χ0n) is 17.8. The summed E-state index contributed by atoms with van der Waals surface area (Å²) in [6, 6.07) is 6.57. The van der Waals surface area contributed by atoms with Crippen LogP contribution in [0.25, 0.3) is 0 Å². The van der Waals surface area contributed by atoms with E-state index in [9.17, 15) is 4.32 Å². The van der Waals surface area contributed by atoms with Crippen LogP contribution in [0, 0.1) is 34.6 Å². The van der Waals surface area contributed by atoms with Gasteiger partial charge in [0.1, 0.15) is 0 Å². The second-order valence-electron chi connectivity index (χ2n) is 8.19. The minimum Gasteiger partial charge on any atom is -0.363 e. The molecule has 1 aromatic heterocycles. The Morgan fingerprint density at radius 1 is 0.963 bits per heavy atom. The molecule has 4 heteroatoms. The summed E-state index contributed by atoms with van der Waals surface area (Å²) >= 11 is 0. The molecule has 2 aromatic rings. The first-order valence-electron chi connectivity index (χ1n) is 9.74. The molecule has 1 aliphatic heterocycles. The van der Waals surface area contributed by atoms with E-state index in [2.05, 4.69) is 58.9 Å². The van der Waals surface area contributed by atoms with E-state index in [0.29, 0.717) is 0 Å². The van der Waals surface area contributed by atoms with E-state index < -0.39 is 7.12 Å². The summed E-state index contributed by atoms with van der Waals surface area (Å²) in [5, 5.41) is 0. The smallest absolute Gasteiger partial charge is 0.363 e. The van der Waals surface area contributed by atoms with Gasteiger partial charge < -0.3 is 8.79 Å². The third kappa shape index (κ3) is 3.42. The third-order valence-electron chi connectivity index (χ3n) is 5.73. The minimum absolute atomic E-state index is 0.00574. The van der Waals surface area contributed by atoms with Crippen molar-refractivity contribution in [3.8, 4) is 0 Å². The molecule has 0 aliphatic carbocycles. The molecule has 27 heavy (non-hydrogen) atoms. The van der Waals surface area contributed by atoms with Gasteiger partial charge in [-0.3, -0.25) is 4.99 Å². The highest BCUT2D eigenvalue weighted by Gasteiger charge is 2.35. The lowest BCUT2D eigenvalue weighted by molar-refractivity contribution is 0.636. The Morgan fingerprint density at radius 3 is 2.04 bits per heavy atom. The number of rotatable bonds is 4. The van der Waals surface area contributed by atoms with Gasteiger partial charge in [0.05, 0.1) is 12.0 Å². The Kier molecular flexibility index (Phi) is 5.20. The van der Waals surface area contributed by atoms with Gasteiger partial charge in [0.15, 0.2) is 0 Å². The van der Waals surface area contributed by atoms with E-state index in [-0.39, 0.29) is 12.0 Å². The molecule has 0 saturated heterocycles. The van der Waals surface area contributed by atoms with Crippen molar-refractivity contribution in [2.75, 3.05) is 0 Å². The third-order valence-corrected chi connectivity index (χ3v) is 5.73. The molecule has 0 radical (unpaired) electrons. The molecule has 2 unspecified atom stereocenters. The molecular weight excluding hydrogens is 334 g/mol. The van der Waals surface area contributed by atoms with Crippen molar-refractivity contribution in [1.82, 2.24) is 4.48 Å². The Balaban J connectivity index is 2.34. The normalized spacial score (nSPS) is 17.7. The first-order chi connectivity index (χ1) is 12.6. The van der Waals surface area contributed by atoms with Gasteiger partial charge in [0, 0.05) is 17.1 Å². The van der Waals surface area contributed by atoms with Gasteiger partial charge in [0.2, 0.25) is 0 Å². The van der Waals surface area contributed by atoms with Crippen LogP contribution >= 0.6 is 0 Å². The molecule has 0 spiro atoms. The van der Waals surface area contributed by atoms with E-state index in [1.165, 1.54) is 27.8 Å². The number of aliphatic imine (C=N–C) groups is 1. The largest absolute Gasteiger partial charge is 0.461 e. The van der Waals surface area contributed by atoms with Gasteiger partial charge in [-0.2, -0.15) is 0 Å². The van der Waals surface area contributed by atoms with Gasteiger partial charge in [-0.25, -0.2) is 0 Å². The highest BCUT2D eigenvalue weighted by molar-refractivity contribution is 6.48. The van der Waals surface area contributed by atoms with Crippen LogP contribution in [0.2, 0.25) is 6.82 Å². The van der Waals surface area contributed by atoms with Gasteiger partial charge in [-0.1, -0.05) is 17.7 Å². The van der Waals surface area contributed by atoms with Crippen LogP contribution in [0.5, 0.6) is 0 Å². The van der Waals surface area contributed by atoms with Gasteiger partial charge in [-0.15, -0.1) is 0 Å². The molecule has 0 fully saturated rings.